The van der Waals surface area contributed by atoms with E-state index in [2.05, 4.69) is 22.6 Å². The number of rotatable bonds is 1. The molecule has 0 aromatic heterocycles. The zero-order chi connectivity index (χ0) is 14.7. The largest absolute Gasteiger partial charge is 0.490 e. The van der Waals surface area contributed by atoms with Crippen molar-refractivity contribution in [1.82, 2.24) is 0 Å². The summed E-state index contributed by atoms with van der Waals surface area (Å²) in [7, 11) is 0. The minimum atomic E-state index is -5.08. The quantitative estimate of drug-likeness (QED) is 0.405. The normalized spacial score (nSPS) is 26.1. The van der Waals surface area contributed by atoms with E-state index in [1.807, 2.05) is 13.8 Å². The van der Waals surface area contributed by atoms with E-state index in [-0.39, 0.29) is 17.5 Å². The monoisotopic (exact) mass is 383 g/mol. The number of alkyl halides is 4. The lowest BCUT2D eigenvalue weighted by atomic mass is 9.83. The minimum absolute atomic E-state index is 0.0226. The molecule has 1 saturated heterocycles. The van der Waals surface area contributed by atoms with Gasteiger partial charge in [-0.25, -0.2) is 4.79 Å². The molecule has 2 unspecified atom stereocenters. The van der Waals surface area contributed by atoms with E-state index in [1.54, 1.807) is 0 Å². The van der Waals surface area contributed by atoms with Crippen LogP contribution in [0.1, 0.15) is 13.8 Å². The number of carboxylic acids is 1. The van der Waals surface area contributed by atoms with Gasteiger partial charge in [-0.2, -0.15) is 13.2 Å². The number of aliphatic carboxylic acids is 1. The molecule has 0 radical (unpaired) electrons. The molecule has 0 bridgehead atoms. The van der Waals surface area contributed by atoms with Crippen LogP contribution < -0.4 is 5.73 Å². The first-order valence-electron chi connectivity index (χ1n) is 4.76. The third-order valence-corrected chi connectivity index (χ3v) is 3.33. The molecule has 0 spiro atoms. The van der Waals surface area contributed by atoms with Gasteiger partial charge in [0.05, 0.1) is 0 Å². The first-order valence-corrected chi connectivity index (χ1v) is 6.29. The number of ether oxygens (including phenoxy) is 1. The molecule has 0 aliphatic carbocycles. The molecule has 1 rings (SSSR count). The Labute approximate surface area is 115 Å². The van der Waals surface area contributed by atoms with E-state index in [0.717, 1.165) is 4.43 Å². The average Bonchev–Trinajstić information content (AvgIpc) is 2.41. The van der Waals surface area contributed by atoms with Crippen molar-refractivity contribution in [2.75, 3.05) is 4.43 Å². The van der Waals surface area contributed by atoms with Gasteiger partial charge in [0.2, 0.25) is 0 Å². The molecule has 1 aliphatic heterocycles. The van der Waals surface area contributed by atoms with Crippen LogP contribution in [0, 0.1) is 5.41 Å². The maximum absolute atomic E-state index is 11.0. The maximum atomic E-state index is 11.0. The number of carboxylic acid groups (broad SMARTS) is 1. The molecular formula is C9H13F3INO4. The minimum Gasteiger partial charge on any atom is -0.475 e. The van der Waals surface area contributed by atoms with Crippen LogP contribution in [-0.2, 0) is 14.3 Å². The fourth-order valence-corrected chi connectivity index (χ4v) is 2.41. The number of halogens is 4. The summed E-state index contributed by atoms with van der Waals surface area (Å²) in [5, 5.41) is 7.12. The molecular weight excluding hydrogens is 370 g/mol. The Balaban J connectivity index is 0.000000360. The molecule has 18 heavy (non-hydrogen) atoms. The molecule has 0 amide bonds. The molecule has 3 N–H and O–H groups in total. The zero-order valence-electron chi connectivity index (χ0n) is 9.62. The van der Waals surface area contributed by atoms with Gasteiger partial charge in [0.1, 0.15) is 12.1 Å². The number of hydrogen-bond donors (Lipinski definition) is 2. The lowest BCUT2D eigenvalue weighted by Crippen LogP contribution is -2.41. The highest BCUT2D eigenvalue weighted by molar-refractivity contribution is 14.1. The number of carbonyl (C=O) groups excluding carboxylic acids is 1. The van der Waals surface area contributed by atoms with E-state index in [9.17, 15) is 18.0 Å². The van der Waals surface area contributed by atoms with Crippen LogP contribution in [0.15, 0.2) is 0 Å². The summed E-state index contributed by atoms with van der Waals surface area (Å²) in [4.78, 5) is 19.9. The highest BCUT2D eigenvalue weighted by atomic mass is 127. The second kappa shape index (κ2) is 6.04. The van der Waals surface area contributed by atoms with Crippen molar-refractivity contribution in [3.05, 3.63) is 0 Å². The van der Waals surface area contributed by atoms with E-state index in [0.29, 0.717) is 0 Å². The van der Waals surface area contributed by atoms with Crippen molar-refractivity contribution in [2.45, 2.75) is 32.2 Å². The predicted molar refractivity (Wildman–Crippen MR) is 64.2 cm³/mol. The van der Waals surface area contributed by atoms with Gasteiger partial charge in [-0.15, -0.1) is 0 Å². The van der Waals surface area contributed by atoms with E-state index in [4.69, 9.17) is 20.4 Å². The summed E-state index contributed by atoms with van der Waals surface area (Å²) in [5.41, 5.74) is 5.43. The molecule has 0 aromatic carbocycles. The predicted octanol–water partition coefficient (Wildman–Crippen LogP) is 1.33. The Hall–Kier alpha value is -0.580. The highest BCUT2D eigenvalue weighted by Gasteiger charge is 2.48. The van der Waals surface area contributed by atoms with Gasteiger partial charge in [-0.1, -0.05) is 36.4 Å². The van der Waals surface area contributed by atoms with E-state index < -0.39 is 18.2 Å². The fourth-order valence-electron chi connectivity index (χ4n) is 1.10. The van der Waals surface area contributed by atoms with Crippen molar-refractivity contribution in [2.24, 2.45) is 11.1 Å². The summed E-state index contributed by atoms with van der Waals surface area (Å²) in [6.07, 6.45) is -5.11. The smallest absolute Gasteiger partial charge is 0.475 e. The van der Waals surface area contributed by atoms with Gasteiger partial charge in [-0.3, -0.25) is 4.79 Å². The summed E-state index contributed by atoms with van der Waals surface area (Å²) >= 11 is 2.20. The highest BCUT2D eigenvalue weighted by Crippen LogP contribution is 2.34. The average molecular weight is 383 g/mol. The van der Waals surface area contributed by atoms with E-state index >= 15 is 0 Å². The molecule has 0 aromatic rings. The molecule has 0 saturated carbocycles. The van der Waals surface area contributed by atoms with Crippen LogP contribution in [0.2, 0.25) is 0 Å². The Morgan fingerprint density at radius 1 is 1.56 bits per heavy atom. The fraction of sp³-hybridized carbons (Fsp3) is 0.778. The van der Waals surface area contributed by atoms with E-state index in [1.165, 1.54) is 0 Å². The molecule has 5 nitrogen and oxygen atoms in total. The van der Waals surface area contributed by atoms with Gasteiger partial charge < -0.3 is 15.6 Å². The number of carbonyl (C=O) groups is 2. The van der Waals surface area contributed by atoms with Gasteiger partial charge in [0, 0.05) is 9.84 Å². The Morgan fingerprint density at radius 3 is 2.06 bits per heavy atom. The molecule has 1 heterocycles. The summed E-state index contributed by atoms with van der Waals surface area (Å²) in [6.45, 7) is 3.93. The standard InChI is InChI=1S/C7H12INO2.C2HF3O2/c1-7(2)4(3-8)11-6(10)5(7)9;3-2(4,5)1(6)7/h4-5H,3,9H2,1-2H3;(H,6,7). The van der Waals surface area contributed by atoms with Crippen LogP contribution in [0.3, 0.4) is 0 Å². The maximum Gasteiger partial charge on any atom is 0.490 e. The number of nitrogens with two attached hydrogens (primary N) is 1. The van der Waals surface area contributed by atoms with Crippen LogP contribution in [0.4, 0.5) is 13.2 Å². The second-order valence-corrected chi connectivity index (χ2v) is 5.06. The van der Waals surface area contributed by atoms with Crippen molar-refractivity contribution < 1.29 is 32.6 Å². The van der Waals surface area contributed by atoms with Crippen molar-refractivity contribution in [3.8, 4) is 0 Å². The number of hydrogen-bond acceptors (Lipinski definition) is 4. The van der Waals surface area contributed by atoms with Crippen LogP contribution in [0.5, 0.6) is 0 Å². The summed E-state index contributed by atoms with van der Waals surface area (Å²) < 4.78 is 37.6. The van der Waals surface area contributed by atoms with Gasteiger partial charge in [-0.05, 0) is 0 Å². The molecule has 9 heteroatoms. The number of cyclic esters (lactones) is 1. The second-order valence-electron chi connectivity index (χ2n) is 4.18. The van der Waals surface area contributed by atoms with Crippen LogP contribution in [0.25, 0.3) is 0 Å². The Bertz CT molecular complexity index is 332. The van der Waals surface area contributed by atoms with Crippen molar-refractivity contribution >= 4 is 34.5 Å². The van der Waals surface area contributed by atoms with Gasteiger partial charge in [0.15, 0.2) is 0 Å². The number of esters is 1. The van der Waals surface area contributed by atoms with Crippen molar-refractivity contribution in [1.29, 1.82) is 0 Å². The summed E-state index contributed by atoms with van der Waals surface area (Å²) in [6, 6.07) is -0.456. The topological polar surface area (TPSA) is 89.6 Å². The SMILES string of the molecule is CC1(C)C(CI)OC(=O)C1N.O=C(O)C(F)(F)F. The first kappa shape index (κ1) is 17.4. The van der Waals surface area contributed by atoms with Crippen LogP contribution in [-0.4, -0.2) is 39.8 Å². The zero-order valence-corrected chi connectivity index (χ0v) is 11.8. The van der Waals surface area contributed by atoms with Gasteiger partial charge in [0.25, 0.3) is 0 Å². The first-order chi connectivity index (χ1) is 7.94. The molecule has 106 valence electrons. The van der Waals surface area contributed by atoms with Crippen LogP contribution >= 0.6 is 22.6 Å². The molecule has 1 aliphatic rings. The lowest BCUT2D eigenvalue weighted by molar-refractivity contribution is -0.192. The Kier molecular flexibility index (Phi) is 5.85. The van der Waals surface area contributed by atoms with Gasteiger partial charge >= 0.3 is 18.1 Å². The third-order valence-electron chi connectivity index (χ3n) is 2.53. The molecule has 1 fully saturated rings. The summed E-state index contributed by atoms with van der Waals surface area (Å²) in [5.74, 6) is -3.02. The Morgan fingerprint density at radius 2 is 1.94 bits per heavy atom. The molecule has 2 atom stereocenters. The third kappa shape index (κ3) is 4.26. The van der Waals surface area contributed by atoms with Crippen molar-refractivity contribution in [3.63, 3.8) is 0 Å². The lowest BCUT2D eigenvalue weighted by Gasteiger charge is -2.24.